The second-order valence-corrected chi connectivity index (χ2v) is 3.82. The molecule has 2 rings (SSSR count). The van der Waals surface area contributed by atoms with Crippen molar-refractivity contribution in [1.29, 1.82) is 0 Å². The maximum absolute atomic E-state index is 9.17. The van der Waals surface area contributed by atoms with Crippen molar-refractivity contribution in [3.8, 4) is 0 Å². The van der Waals surface area contributed by atoms with Crippen LogP contribution in [-0.4, -0.2) is 31.0 Å². The number of aliphatic hydroxyl groups excluding tert-OH is 1. The second-order valence-electron chi connectivity index (χ2n) is 3.43. The van der Waals surface area contributed by atoms with Gasteiger partial charge in [0.15, 0.2) is 11.5 Å². The van der Waals surface area contributed by atoms with E-state index in [9.17, 15) is 5.11 Å². The summed E-state index contributed by atoms with van der Waals surface area (Å²) in [4.78, 5) is 0. The molecule has 0 spiro atoms. The van der Waals surface area contributed by atoms with Gasteiger partial charge in [-0.15, -0.1) is 10.2 Å². The monoisotopic (exact) mass is 226 g/mol. The van der Waals surface area contributed by atoms with Crippen LogP contribution in [0.2, 0.25) is 5.15 Å². The summed E-state index contributed by atoms with van der Waals surface area (Å²) in [5.41, 5.74) is 0.667. The molecule has 0 saturated heterocycles. The maximum Gasteiger partial charge on any atom is 0.178 e. The second kappa shape index (κ2) is 4.12. The van der Waals surface area contributed by atoms with Crippen LogP contribution in [-0.2, 0) is 6.42 Å². The highest BCUT2D eigenvalue weighted by molar-refractivity contribution is 6.29. The van der Waals surface area contributed by atoms with E-state index < -0.39 is 0 Å². The maximum atomic E-state index is 9.17. The van der Waals surface area contributed by atoms with Gasteiger partial charge in [0.1, 0.15) is 5.15 Å². The van der Waals surface area contributed by atoms with Crippen LogP contribution < -0.4 is 0 Å². The van der Waals surface area contributed by atoms with E-state index >= 15 is 0 Å². The van der Waals surface area contributed by atoms with E-state index in [0.29, 0.717) is 29.5 Å². The van der Waals surface area contributed by atoms with Crippen molar-refractivity contribution in [2.45, 2.75) is 25.9 Å². The predicted octanol–water partition coefficient (Wildman–Crippen LogP) is 1.09. The zero-order valence-electron chi connectivity index (χ0n) is 8.26. The van der Waals surface area contributed by atoms with E-state index in [1.54, 1.807) is 23.6 Å². The molecule has 80 valence electrons. The summed E-state index contributed by atoms with van der Waals surface area (Å²) < 4.78 is 1.60. The summed E-state index contributed by atoms with van der Waals surface area (Å²) >= 11 is 5.77. The quantitative estimate of drug-likeness (QED) is 0.851. The molecule has 0 aromatic carbocycles. The van der Waals surface area contributed by atoms with Gasteiger partial charge in [-0.05, 0) is 25.5 Å². The average Bonchev–Trinajstić information content (AvgIpc) is 2.57. The summed E-state index contributed by atoms with van der Waals surface area (Å²) in [6.45, 7) is 1.74. The van der Waals surface area contributed by atoms with Crippen LogP contribution in [0.4, 0.5) is 0 Å². The third-order valence-electron chi connectivity index (χ3n) is 2.08. The summed E-state index contributed by atoms with van der Waals surface area (Å²) in [5, 5.41) is 21.6. The van der Waals surface area contributed by atoms with Gasteiger partial charge in [0, 0.05) is 6.42 Å². The molecule has 15 heavy (non-hydrogen) atoms. The summed E-state index contributed by atoms with van der Waals surface area (Å²) in [5.74, 6) is 0.716. The Kier molecular flexibility index (Phi) is 2.83. The minimum atomic E-state index is -0.350. The lowest BCUT2D eigenvalue weighted by Gasteiger charge is -2.01. The number of nitrogens with zero attached hydrogens (tertiary/aromatic N) is 4. The number of aliphatic hydroxyl groups is 1. The average molecular weight is 227 g/mol. The van der Waals surface area contributed by atoms with Crippen LogP contribution >= 0.6 is 11.6 Å². The van der Waals surface area contributed by atoms with Gasteiger partial charge >= 0.3 is 0 Å². The van der Waals surface area contributed by atoms with Crippen molar-refractivity contribution in [3.63, 3.8) is 0 Å². The minimum absolute atomic E-state index is 0.350. The number of fused-ring (bicyclic) bond motifs is 1. The minimum Gasteiger partial charge on any atom is -0.393 e. The van der Waals surface area contributed by atoms with E-state index in [1.807, 2.05) is 0 Å². The van der Waals surface area contributed by atoms with Gasteiger partial charge in [-0.3, -0.25) is 0 Å². The van der Waals surface area contributed by atoms with Crippen LogP contribution in [0, 0.1) is 0 Å². The van der Waals surface area contributed by atoms with Crippen LogP contribution in [0.25, 0.3) is 5.65 Å². The van der Waals surface area contributed by atoms with Crippen LogP contribution in [0.1, 0.15) is 19.2 Å². The lowest BCUT2D eigenvalue weighted by Crippen LogP contribution is -2.05. The van der Waals surface area contributed by atoms with Crippen LogP contribution in [0.3, 0.4) is 0 Å². The fraction of sp³-hybridized carbons (Fsp3) is 0.444. The first-order valence-electron chi connectivity index (χ1n) is 4.72. The first-order chi connectivity index (χ1) is 7.16. The van der Waals surface area contributed by atoms with Crippen molar-refractivity contribution in [3.05, 3.63) is 23.1 Å². The number of rotatable bonds is 3. The molecular weight excluding hydrogens is 216 g/mol. The Morgan fingerprint density at radius 3 is 3.00 bits per heavy atom. The highest BCUT2D eigenvalue weighted by atomic mass is 35.5. The molecule has 0 aliphatic heterocycles. The van der Waals surface area contributed by atoms with Crippen LogP contribution in [0.15, 0.2) is 12.1 Å². The third-order valence-corrected chi connectivity index (χ3v) is 2.28. The fourth-order valence-electron chi connectivity index (χ4n) is 1.30. The first kappa shape index (κ1) is 10.3. The van der Waals surface area contributed by atoms with Gasteiger partial charge in [0.05, 0.1) is 6.10 Å². The van der Waals surface area contributed by atoms with Crippen molar-refractivity contribution >= 4 is 17.2 Å². The Bertz CT molecular complexity index is 468. The van der Waals surface area contributed by atoms with Gasteiger partial charge in [-0.25, -0.2) is 0 Å². The zero-order chi connectivity index (χ0) is 10.8. The topological polar surface area (TPSA) is 63.3 Å². The van der Waals surface area contributed by atoms with Crippen molar-refractivity contribution in [2.75, 3.05) is 0 Å². The van der Waals surface area contributed by atoms with E-state index in [0.717, 1.165) is 0 Å². The Balaban J connectivity index is 2.31. The molecular formula is C9H11ClN4O. The molecule has 0 saturated carbocycles. The van der Waals surface area contributed by atoms with Crippen LogP contribution in [0.5, 0.6) is 0 Å². The summed E-state index contributed by atoms with van der Waals surface area (Å²) in [7, 11) is 0. The molecule has 6 heteroatoms. The molecule has 0 radical (unpaired) electrons. The molecule has 0 bridgehead atoms. The highest BCUT2D eigenvalue weighted by Gasteiger charge is 2.07. The summed E-state index contributed by atoms with van der Waals surface area (Å²) in [6, 6.07) is 3.43. The molecule has 1 atom stereocenters. The molecule has 2 aromatic rings. The molecule has 0 amide bonds. The summed E-state index contributed by atoms with van der Waals surface area (Å²) in [6.07, 6.45) is 0.915. The molecule has 0 aliphatic rings. The van der Waals surface area contributed by atoms with Gasteiger partial charge in [0.25, 0.3) is 0 Å². The molecule has 0 fully saturated rings. The smallest absolute Gasteiger partial charge is 0.178 e. The van der Waals surface area contributed by atoms with E-state index in [1.165, 1.54) is 0 Å². The van der Waals surface area contributed by atoms with Gasteiger partial charge in [0.2, 0.25) is 0 Å². The largest absolute Gasteiger partial charge is 0.393 e. The van der Waals surface area contributed by atoms with Crippen molar-refractivity contribution in [2.24, 2.45) is 0 Å². The Labute approximate surface area is 91.7 Å². The van der Waals surface area contributed by atoms with E-state index in [2.05, 4.69) is 15.3 Å². The molecule has 1 N–H and O–H groups in total. The molecule has 2 aromatic heterocycles. The molecule has 2 heterocycles. The number of halogens is 1. The van der Waals surface area contributed by atoms with Crippen molar-refractivity contribution < 1.29 is 5.11 Å². The highest BCUT2D eigenvalue weighted by Crippen LogP contribution is 2.09. The SMILES string of the molecule is CC(O)CCc1nnc2ccc(Cl)nn12. The molecule has 1 unspecified atom stereocenters. The normalized spacial score (nSPS) is 13.3. The number of hydrogen-bond donors (Lipinski definition) is 1. The zero-order valence-corrected chi connectivity index (χ0v) is 9.02. The number of aryl methyl sites for hydroxylation is 1. The Morgan fingerprint density at radius 1 is 1.47 bits per heavy atom. The van der Waals surface area contributed by atoms with Gasteiger partial charge in [-0.1, -0.05) is 11.6 Å². The third kappa shape index (κ3) is 2.24. The Hall–Kier alpha value is -1.20. The van der Waals surface area contributed by atoms with E-state index in [4.69, 9.17) is 11.6 Å². The predicted molar refractivity (Wildman–Crippen MR) is 55.8 cm³/mol. The van der Waals surface area contributed by atoms with Gasteiger partial charge < -0.3 is 5.11 Å². The standard InChI is InChI=1S/C9H11ClN4O/c1-6(15)2-4-8-11-12-9-5-3-7(10)13-14(8)9/h3,5-6,15H,2,4H2,1H3. The molecule has 0 aliphatic carbocycles. The number of hydrogen-bond acceptors (Lipinski definition) is 4. The van der Waals surface area contributed by atoms with Crippen molar-refractivity contribution in [1.82, 2.24) is 19.8 Å². The van der Waals surface area contributed by atoms with E-state index in [-0.39, 0.29) is 6.10 Å². The first-order valence-corrected chi connectivity index (χ1v) is 5.09. The number of aromatic nitrogens is 4. The molecule has 5 nitrogen and oxygen atoms in total. The fourth-order valence-corrected chi connectivity index (χ4v) is 1.44. The Morgan fingerprint density at radius 2 is 2.27 bits per heavy atom. The lowest BCUT2D eigenvalue weighted by atomic mass is 10.2. The lowest BCUT2D eigenvalue weighted by molar-refractivity contribution is 0.184. The van der Waals surface area contributed by atoms with Gasteiger partial charge in [-0.2, -0.15) is 9.61 Å².